The van der Waals surface area contributed by atoms with Crippen molar-refractivity contribution in [2.45, 2.75) is 20.1 Å². The number of ether oxygens (including phenoxy) is 1. The fourth-order valence-corrected chi connectivity index (χ4v) is 1.03. The van der Waals surface area contributed by atoms with Gasteiger partial charge in [-0.3, -0.25) is 0 Å². The van der Waals surface area contributed by atoms with E-state index < -0.39 is 6.61 Å². The quantitative estimate of drug-likeness (QED) is 0.586. The number of benzene rings is 1. The Morgan fingerprint density at radius 1 is 1.27 bits per heavy atom. The van der Waals surface area contributed by atoms with Gasteiger partial charge in [-0.05, 0) is 24.6 Å². The van der Waals surface area contributed by atoms with Crippen molar-refractivity contribution in [3.63, 3.8) is 0 Å². The van der Waals surface area contributed by atoms with Gasteiger partial charge < -0.3 is 9.57 Å². The average molecular weight is 217 g/mol. The third-order valence-electron chi connectivity index (χ3n) is 1.67. The number of hydrogen-bond donors (Lipinski definition) is 1. The van der Waals surface area contributed by atoms with Crippen LogP contribution in [0, 0.1) is 0 Å². The Kier molecular flexibility index (Phi) is 5.00. The molecule has 15 heavy (non-hydrogen) atoms. The largest absolute Gasteiger partial charge is 0.435 e. The molecule has 0 spiro atoms. The summed E-state index contributed by atoms with van der Waals surface area (Å²) in [5.41, 5.74) is 3.66. The molecule has 0 bridgehead atoms. The van der Waals surface area contributed by atoms with Crippen LogP contribution in [-0.2, 0) is 11.4 Å². The van der Waals surface area contributed by atoms with Crippen molar-refractivity contribution in [1.82, 2.24) is 5.48 Å². The molecule has 3 nitrogen and oxygen atoms in total. The van der Waals surface area contributed by atoms with Crippen molar-refractivity contribution >= 4 is 0 Å². The van der Waals surface area contributed by atoms with Crippen molar-refractivity contribution < 1.29 is 18.4 Å². The zero-order valence-electron chi connectivity index (χ0n) is 8.37. The maximum atomic E-state index is 11.8. The summed E-state index contributed by atoms with van der Waals surface area (Å²) in [6, 6.07) is 6.39. The number of nitrogens with one attached hydrogen (secondary N) is 1. The molecule has 0 aliphatic heterocycles. The average Bonchev–Trinajstić information content (AvgIpc) is 2.20. The molecule has 0 saturated carbocycles. The van der Waals surface area contributed by atoms with Crippen LogP contribution < -0.4 is 10.2 Å². The van der Waals surface area contributed by atoms with Gasteiger partial charge in [0, 0.05) is 6.54 Å². The van der Waals surface area contributed by atoms with Crippen molar-refractivity contribution in [2.75, 3.05) is 6.61 Å². The second-order valence-electron chi connectivity index (χ2n) is 2.78. The lowest BCUT2D eigenvalue weighted by atomic mass is 10.2. The van der Waals surface area contributed by atoms with E-state index in [0.29, 0.717) is 13.2 Å². The first-order valence-electron chi connectivity index (χ1n) is 4.60. The molecule has 84 valence electrons. The Balaban J connectivity index is 2.42. The van der Waals surface area contributed by atoms with Gasteiger partial charge in [0.05, 0.1) is 6.61 Å². The normalized spacial score (nSPS) is 10.7. The minimum absolute atomic E-state index is 0.158. The van der Waals surface area contributed by atoms with E-state index in [1.54, 1.807) is 12.1 Å². The monoisotopic (exact) mass is 217 g/mol. The Morgan fingerprint density at radius 2 is 1.93 bits per heavy atom. The first-order valence-corrected chi connectivity index (χ1v) is 4.60. The van der Waals surface area contributed by atoms with Gasteiger partial charge in [0.15, 0.2) is 0 Å². The van der Waals surface area contributed by atoms with E-state index in [4.69, 9.17) is 4.84 Å². The zero-order chi connectivity index (χ0) is 11.1. The second kappa shape index (κ2) is 6.31. The van der Waals surface area contributed by atoms with E-state index in [-0.39, 0.29) is 5.75 Å². The summed E-state index contributed by atoms with van der Waals surface area (Å²) in [5.74, 6) is 0.158. The highest BCUT2D eigenvalue weighted by atomic mass is 19.3. The first kappa shape index (κ1) is 11.9. The van der Waals surface area contributed by atoms with Gasteiger partial charge in [-0.2, -0.15) is 14.3 Å². The summed E-state index contributed by atoms with van der Waals surface area (Å²) in [6.45, 7) is 0.194. The zero-order valence-corrected chi connectivity index (χ0v) is 8.37. The van der Waals surface area contributed by atoms with Crippen LogP contribution in [0.4, 0.5) is 8.78 Å². The maximum Gasteiger partial charge on any atom is 0.387 e. The predicted octanol–water partition coefficient (Wildman–Crippen LogP) is 2.33. The van der Waals surface area contributed by atoms with Crippen LogP contribution in [-0.4, -0.2) is 13.2 Å². The van der Waals surface area contributed by atoms with E-state index in [1.165, 1.54) is 12.1 Å². The number of halogens is 2. The summed E-state index contributed by atoms with van der Waals surface area (Å²) < 4.78 is 27.8. The highest BCUT2D eigenvalue weighted by Crippen LogP contribution is 2.14. The van der Waals surface area contributed by atoms with Gasteiger partial charge in [-0.1, -0.05) is 12.1 Å². The number of hydroxylamine groups is 1. The molecule has 0 aliphatic rings. The Bertz CT molecular complexity index is 277. The standard InChI is InChI=1S/C10H13F2NO2/c1-2-14-13-7-8-3-5-9(6-4-8)15-10(11)12/h3-6,10,13H,2,7H2,1H3. The SMILES string of the molecule is CCONCc1ccc(OC(F)F)cc1. The van der Waals surface area contributed by atoms with Gasteiger partial charge in [-0.15, -0.1) is 0 Å². The summed E-state index contributed by atoms with van der Waals surface area (Å²) in [5, 5.41) is 0. The summed E-state index contributed by atoms with van der Waals surface area (Å²) in [7, 11) is 0. The van der Waals surface area contributed by atoms with E-state index in [9.17, 15) is 8.78 Å². The molecule has 0 heterocycles. The van der Waals surface area contributed by atoms with Crippen molar-refractivity contribution in [3.8, 4) is 5.75 Å². The van der Waals surface area contributed by atoms with Gasteiger partial charge >= 0.3 is 6.61 Å². The predicted molar refractivity (Wildman–Crippen MR) is 51.5 cm³/mol. The maximum absolute atomic E-state index is 11.8. The molecular formula is C10H13F2NO2. The van der Waals surface area contributed by atoms with Crippen LogP contribution in [0.1, 0.15) is 12.5 Å². The van der Waals surface area contributed by atoms with Gasteiger partial charge in [0.2, 0.25) is 0 Å². The highest BCUT2D eigenvalue weighted by Gasteiger charge is 2.03. The highest BCUT2D eigenvalue weighted by molar-refractivity contribution is 5.27. The lowest BCUT2D eigenvalue weighted by Gasteiger charge is -2.06. The van der Waals surface area contributed by atoms with Crippen LogP contribution >= 0.6 is 0 Å². The molecule has 0 aromatic heterocycles. The molecule has 0 aliphatic carbocycles. The molecule has 0 atom stereocenters. The van der Waals surface area contributed by atoms with Crippen molar-refractivity contribution in [2.24, 2.45) is 0 Å². The van der Waals surface area contributed by atoms with Crippen molar-refractivity contribution in [3.05, 3.63) is 29.8 Å². The van der Waals surface area contributed by atoms with E-state index in [1.807, 2.05) is 6.92 Å². The van der Waals surface area contributed by atoms with Gasteiger partial charge in [-0.25, -0.2) is 0 Å². The Labute approximate surface area is 87.0 Å². The fraction of sp³-hybridized carbons (Fsp3) is 0.400. The Morgan fingerprint density at radius 3 is 2.47 bits per heavy atom. The first-order chi connectivity index (χ1) is 7.22. The van der Waals surface area contributed by atoms with Crippen LogP contribution in [0.15, 0.2) is 24.3 Å². The van der Waals surface area contributed by atoms with Crippen LogP contribution in [0.2, 0.25) is 0 Å². The number of hydrogen-bond acceptors (Lipinski definition) is 3. The number of alkyl halides is 2. The van der Waals surface area contributed by atoms with Gasteiger partial charge in [0.25, 0.3) is 0 Å². The van der Waals surface area contributed by atoms with Crippen molar-refractivity contribution in [1.29, 1.82) is 0 Å². The molecule has 0 radical (unpaired) electrons. The second-order valence-corrected chi connectivity index (χ2v) is 2.78. The smallest absolute Gasteiger partial charge is 0.387 e. The van der Waals surface area contributed by atoms with Crippen LogP contribution in [0.25, 0.3) is 0 Å². The molecule has 0 fully saturated rings. The molecule has 0 unspecified atom stereocenters. The molecule has 0 amide bonds. The topological polar surface area (TPSA) is 30.5 Å². The molecule has 1 aromatic carbocycles. The molecule has 1 N–H and O–H groups in total. The third-order valence-corrected chi connectivity index (χ3v) is 1.67. The van der Waals surface area contributed by atoms with Crippen LogP contribution in [0.5, 0.6) is 5.75 Å². The van der Waals surface area contributed by atoms with E-state index >= 15 is 0 Å². The van der Waals surface area contributed by atoms with Crippen LogP contribution in [0.3, 0.4) is 0 Å². The van der Waals surface area contributed by atoms with E-state index in [2.05, 4.69) is 10.2 Å². The molecular weight excluding hydrogens is 204 g/mol. The molecule has 5 heteroatoms. The third kappa shape index (κ3) is 4.71. The summed E-state index contributed by atoms with van der Waals surface area (Å²) in [4.78, 5) is 4.93. The summed E-state index contributed by atoms with van der Waals surface area (Å²) >= 11 is 0. The Hall–Kier alpha value is -1.20. The minimum atomic E-state index is -2.78. The molecule has 0 saturated heterocycles. The minimum Gasteiger partial charge on any atom is -0.435 e. The lowest BCUT2D eigenvalue weighted by Crippen LogP contribution is -2.13. The van der Waals surface area contributed by atoms with E-state index in [0.717, 1.165) is 5.56 Å². The van der Waals surface area contributed by atoms with Gasteiger partial charge in [0.1, 0.15) is 5.75 Å². The number of rotatable bonds is 6. The lowest BCUT2D eigenvalue weighted by molar-refractivity contribution is -0.0498. The molecule has 1 rings (SSSR count). The molecule has 1 aromatic rings. The fourth-order valence-electron chi connectivity index (χ4n) is 1.03. The summed E-state index contributed by atoms with van der Waals surface area (Å²) in [6.07, 6.45) is 0.